The Hall–Kier alpha value is -0.280. The highest BCUT2D eigenvalue weighted by Gasteiger charge is 2.33. The number of rotatable bonds is 3. The Labute approximate surface area is 80.1 Å². The molecule has 0 saturated heterocycles. The molecule has 0 saturated carbocycles. The highest BCUT2D eigenvalue weighted by Crippen LogP contribution is 2.14. The van der Waals surface area contributed by atoms with E-state index in [1.807, 2.05) is 13.8 Å². The molecule has 0 aromatic heterocycles. The second-order valence-electron chi connectivity index (χ2n) is 3.16. The van der Waals surface area contributed by atoms with Gasteiger partial charge in [0.15, 0.2) is 0 Å². The van der Waals surface area contributed by atoms with Gasteiger partial charge in [0.2, 0.25) is 0 Å². The van der Waals surface area contributed by atoms with Crippen LogP contribution < -0.4 is 5.73 Å². The van der Waals surface area contributed by atoms with Crippen molar-refractivity contribution in [3.8, 4) is 0 Å². The maximum Gasteiger partial charge on any atom is 0.326 e. The van der Waals surface area contributed by atoms with Gasteiger partial charge in [-0.1, -0.05) is 13.8 Å². The number of esters is 1. The third kappa shape index (κ3) is 3.41. The molecule has 0 aliphatic rings. The zero-order chi connectivity index (χ0) is 9.07. The summed E-state index contributed by atoms with van der Waals surface area (Å²) in [6, 6.07) is 0. The zero-order valence-electron chi connectivity index (χ0n) is 8.09. The SMILES string of the molecule is CCOC(=O)[C@](C)(N)C(C)C.Cl. The predicted molar refractivity (Wildman–Crippen MR) is 51.3 cm³/mol. The van der Waals surface area contributed by atoms with Gasteiger partial charge in [-0.05, 0) is 19.8 Å². The van der Waals surface area contributed by atoms with Crippen LogP contribution in [-0.4, -0.2) is 18.1 Å². The molecule has 0 unspecified atom stereocenters. The first kappa shape index (κ1) is 14.3. The van der Waals surface area contributed by atoms with Crippen molar-refractivity contribution in [3.05, 3.63) is 0 Å². The summed E-state index contributed by atoms with van der Waals surface area (Å²) < 4.78 is 4.80. The van der Waals surface area contributed by atoms with E-state index >= 15 is 0 Å². The Bertz CT molecular complexity index is 146. The van der Waals surface area contributed by atoms with Gasteiger partial charge < -0.3 is 10.5 Å². The van der Waals surface area contributed by atoms with E-state index in [0.717, 1.165) is 0 Å². The summed E-state index contributed by atoms with van der Waals surface area (Å²) >= 11 is 0. The lowest BCUT2D eigenvalue weighted by Crippen LogP contribution is -2.50. The van der Waals surface area contributed by atoms with Crippen molar-refractivity contribution in [1.29, 1.82) is 0 Å². The topological polar surface area (TPSA) is 52.3 Å². The predicted octanol–water partition coefficient (Wildman–Crippen LogP) is 1.34. The molecular formula is C8H18ClNO2. The third-order valence-electron chi connectivity index (χ3n) is 1.91. The Morgan fingerprint density at radius 2 is 2.00 bits per heavy atom. The Balaban J connectivity index is 0. The maximum atomic E-state index is 11.2. The fourth-order valence-electron chi connectivity index (χ4n) is 0.522. The molecule has 2 N–H and O–H groups in total. The zero-order valence-corrected chi connectivity index (χ0v) is 8.90. The highest BCUT2D eigenvalue weighted by molar-refractivity contribution is 5.85. The average Bonchev–Trinajstić information content (AvgIpc) is 1.88. The smallest absolute Gasteiger partial charge is 0.326 e. The second kappa shape index (κ2) is 5.38. The summed E-state index contributed by atoms with van der Waals surface area (Å²) in [7, 11) is 0. The minimum atomic E-state index is -0.851. The van der Waals surface area contributed by atoms with E-state index in [1.165, 1.54) is 0 Å². The van der Waals surface area contributed by atoms with Crippen LogP contribution in [0.2, 0.25) is 0 Å². The fraction of sp³-hybridized carbons (Fsp3) is 0.875. The van der Waals surface area contributed by atoms with Crippen LogP contribution in [-0.2, 0) is 9.53 Å². The largest absolute Gasteiger partial charge is 0.465 e. The van der Waals surface area contributed by atoms with Crippen molar-refractivity contribution in [1.82, 2.24) is 0 Å². The summed E-state index contributed by atoms with van der Waals surface area (Å²) in [4.78, 5) is 11.2. The van der Waals surface area contributed by atoms with E-state index in [9.17, 15) is 4.79 Å². The van der Waals surface area contributed by atoms with Gasteiger partial charge in [-0.3, -0.25) is 4.79 Å². The van der Waals surface area contributed by atoms with Crippen LogP contribution in [0.4, 0.5) is 0 Å². The lowest BCUT2D eigenvalue weighted by atomic mass is 9.90. The second-order valence-corrected chi connectivity index (χ2v) is 3.16. The van der Waals surface area contributed by atoms with Crippen LogP contribution in [0.15, 0.2) is 0 Å². The third-order valence-corrected chi connectivity index (χ3v) is 1.91. The van der Waals surface area contributed by atoms with Crippen molar-refractivity contribution in [2.75, 3.05) is 6.61 Å². The summed E-state index contributed by atoms with van der Waals surface area (Å²) in [6.45, 7) is 7.65. The molecule has 12 heavy (non-hydrogen) atoms. The maximum absolute atomic E-state index is 11.2. The van der Waals surface area contributed by atoms with Gasteiger partial charge in [0.05, 0.1) is 6.61 Å². The van der Waals surface area contributed by atoms with Gasteiger partial charge in [-0.2, -0.15) is 0 Å². The molecule has 0 radical (unpaired) electrons. The molecule has 1 atom stereocenters. The van der Waals surface area contributed by atoms with Gasteiger partial charge in [0.1, 0.15) is 5.54 Å². The number of nitrogens with two attached hydrogens (primary N) is 1. The van der Waals surface area contributed by atoms with Crippen molar-refractivity contribution >= 4 is 18.4 Å². The first-order valence-electron chi connectivity index (χ1n) is 3.89. The Morgan fingerprint density at radius 3 is 2.25 bits per heavy atom. The molecule has 0 aliphatic heterocycles. The molecule has 0 aromatic carbocycles. The highest BCUT2D eigenvalue weighted by atomic mass is 35.5. The molecule has 0 aliphatic carbocycles. The van der Waals surface area contributed by atoms with Crippen molar-refractivity contribution in [2.45, 2.75) is 33.2 Å². The minimum Gasteiger partial charge on any atom is -0.465 e. The fourth-order valence-corrected chi connectivity index (χ4v) is 0.522. The minimum absolute atomic E-state index is 0. The van der Waals surface area contributed by atoms with Crippen LogP contribution in [0.25, 0.3) is 0 Å². The summed E-state index contributed by atoms with van der Waals surface area (Å²) in [5.41, 5.74) is 4.86. The average molecular weight is 196 g/mol. The molecule has 4 heteroatoms. The van der Waals surface area contributed by atoms with Crippen LogP contribution in [0.3, 0.4) is 0 Å². The Kier molecular flexibility index (Phi) is 6.39. The number of ether oxygens (including phenoxy) is 1. The number of hydrogen-bond donors (Lipinski definition) is 1. The summed E-state index contributed by atoms with van der Waals surface area (Å²) in [6.07, 6.45) is 0. The normalized spacial score (nSPS) is 14.8. The molecule has 0 fully saturated rings. The van der Waals surface area contributed by atoms with Gasteiger partial charge in [-0.25, -0.2) is 0 Å². The van der Waals surface area contributed by atoms with Crippen LogP contribution in [0, 0.1) is 5.92 Å². The van der Waals surface area contributed by atoms with Crippen LogP contribution >= 0.6 is 12.4 Å². The van der Waals surface area contributed by atoms with E-state index < -0.39 is 5.54 Å². The van der Waals surface area contributed by atoms with Gasteiger partial charge in [-0.15, -0.1) is 12.4 Å². The van der Waals surface area contributed by atoms with E-state index in [4.69, 9.17) is 10.5 Å². The van der Waals surface area contributed by atoms with Crippen molar-refractivity contribution in [3.63, 3.8) is 0 Å². The van der Waals surface area contributed by atoms with Gasteiger partial charge in [0, 0.05) is 0 Å². The van der Waals surface area contributed by atoms with Crippen molar-refractivity contribution in [2.24, 2.45) is 11.7 Å². The number of hydrogen-bond acceptors (Lipinski definition) is 3. The quantitative estimate of drug-likeness (QED) is 0.692. The first-order chi connectivity index (χ1) is 4.92. The van der Waals surface area contributed by atoms with Crippen LogP contribution in [0.1, 0.15) is 27.7 Å². The molecular weight excluding hydrogens is 178 g/mol. The van der Waals surface area contributed by atoms with Gasteiger partial charge in [0.25, 0.3) is 0 Å². The van der Waals surface area contributed by atoms with E-state index in [2.05, 4.69) is 0 Å². The molecule has 0 aromatic rings. The lowest BCUT2D eigenvalue weighted by molar-refractivity contribution is -0.150. The summed E-state index contributed by atoms with van der Waals surface area (Å²) in [5, 5.41) is 0. The van der Waals surface area contributed by atoms with Crippen LogP contribution in [0.5, 0.6) is 0 Å². The van der Waals surface area contributed by atoms with E-state index in [1.54, 1.807) is 13.8 Å². The first-order valence-corrected chi connectivity index (χ1v) is 3.89. The molecule has 0 amide bonds. The molecule has 0 heterocycles. The monoisotopic (exact) mass is 195 g/mol. The molecule has 0 rings (SSSR count). The summed E-state index contributed by atoms with van der Waals surface area (Å²) in [5.74, 6) is -0.225. The van der Waals surface area contributed by atoms with Gasteiger partial charge >= 0.3 is 5.97 Å². The van der Waals surface area contributed by atoms with E-state index in [0.29, 0.717) is 6.61 Å². The van der Waals surface area contributed by atoms with Crippen molar-refractivity contribution < 1.29 is 9.53 Å². The number of carbonyl (C=O) groups excluding carboxylic acids is 1. The lowest BCUT2D eigenvalue weighted by Gasteiger charge is -2.25. The molecule has 0 bridgehead atoms. The molecule has 0 spiro atoms. The standard InChI is InChI=1S/C8H17NO2.ClH/c1-5-11-7(10)8(4,9)6(2)3;/h6H,5,9H2,1-4H3;1H/t8-;/m1./s1. The Morgan fingerprint density at radius 1 is 1.58 bits per heavy atom. The molecule has 3 nitrogen and oxygen atoms in total. The number of carbonyl (C=O) groups is 1. The number of halogens is 1. The molecule has 74 valence electrons. The van der Waals surface area contributed by atoms with E-state index in [-0.39, 0.29) is 24.3 Å².